The van der Waals surface area contributed by atoms with Crippen molar-refractivity contribution in [1.29, 1.82) is 0 Å². The van der Waals surface area contributed by atoms with Crippen molar-refractivity contribution in [2.75, 3.05) is 12.4 Å². The van der Waals surface area contributed by atoms with E-state index in [2.05, 4.69) is 19.2 Å². The minimum Gasteiger partial charge on any atom is -0.494 e. The molecule has 96 valence electrons. The second-order valence-electron chi connectivity index (χ2n) is 4.24. The van der Waals surface area contributed by atoms with Crippen LogP contribution in [0.25, 0.3) is 0 Å². The summed E-state index contributed by atoms with van der Waals surface area (Å²) in [5.74, 6) is 0.300. The lowest BCUT2D eigenvalue weighted by atomic mass is 10.1. The van der Waals surface area contributed by atoms with Crippen molar-refractivity contribution in [1.82, 2.24) is 0 Å². The van der Waals surface area contributed by atoms with E-state index < -0.39 is 0 Å². The average molecular weight is 239 g/mol. The summed E-state index contributed by atoms with van der Waals surface area (Å²) >= 11 is 0. The molecule has 0 radical (unpaired) electrons. The van der Waals surface area contributed by atoms with E-state index in [9.17, 15) is 4.39 Å². The van der Waals surface area contributed by atoms with Gasteiger partial charge in [-0.05, 0) is 25.0 Å². The van der Waals surface area contributed by atoms with E-state index in [0.29, 0.717) is 11.8 Å². The molecule has 0 aliphatic heterocycles. The molecule has 1 N–H and O–H groups in total. The van der Waals surface area contributed by atoms with Gasteiger partial charge in [0, 0.05) is 12.1 Å². The summed E-state index contributed by atoms with van der Waals surface area (Å²) < 4.78 is 18.2. The Morgan fingerprint density at radius 3 is 2.71 bits per heavy atom. The van der Waals surface area contributed by atoms with Crippen LogP contribution in [0.1, 0.15) is 39.5 Å². The molecule has 2 nitrogen and oxygen atoms in total. The van der Waals surface area contributed by atoms with Crippen LogP contribution in [0.5, 0.6) is 5.75 Å². The van der Waals surface area contributed by atoms with Gasteiger partial charge in [-0.1, -0.05) is 26.7 Å². The highest BCUT2D eigenvalue weighted by Gasteiger charge is 2.09. The molecular weight excluding hydrogens is 217 g/mol. The van der Waals surface area contributed by atoms with E-state index in [1.807, 2.05) is 0 Å². The van der Waals surface area contributed by atoms with Crippen molar-refractivity contribution >= 4 is 5.69 Å². The Kier molecular flexibility index (Phi) is 5.81. The first-order chi connectivity index (χ1) is 8.21. The Morgan fingerprint density at radius 1 is 1.35 bits per heavy atom. The molecular formula is C14H22FNO. The zero-order chi connectivity index (χ0) is 12.7. The molecule has 1 atom stereocenters. The standard InChI is InChI=1S/C14H22FNO/c1-4-6-7-12(5-2)16-13-9-8-11(15)10-14(13)17-3/h8-10,12,16H,4-7H2,1-3H3. The monoisotopic (exact) mass is 239 g/mol. The fraction of sp³-hybridized carbons (Fsp3) is 0.571. The third kappa shape index (κ3) is 4.25. The minimum atomic E-state index is -0.269. The molecule has 1 aromatic rings. The normalized spacial score (nSPS) is 12.2. The second-order valence-corrected chi connectivity index (χ2v) is 4.24. The van der Waals surface area contributed by atoms with Crippen LogP contribution < -0.4 is 10.1 Å². The van der Waals surface area contributed by atoms with Crippen LogP contribution in [0.2, 0.25) is 0 Å². The topological polar surface area (TPSA) is 21.3 Å². The smallest absolute Gasteiger partial charge is 0.144 e. The summed E-state index contributed by atoms with van der Waals surface area (Å²) in [4.78, 5) is 0. The molecule has 0 aliphatic carbocycles. The molecule has 3 heteroatoms. The predicted molar refractivity (Wildman–Crippen MR) is 70.2 cm³/mol. The van der Waals surface area contributed by atoms with Crippen molar-refractivity contribution in [3.05, 3.63) is 24.0 Å². The average Bonchev–Trinajstić information content (AvgIpc) is 2.35. The van der Waals surface area contributed by atoms with Crippen molar-refractivity contribution < 1.29 is 9.13 Å². The highest BCUT2D eigenvalue weighted by atomic mass is 19.1. The lowest BCUT2D eigenvalue weighted by Gasteiger charge is -2.19. The van der Waals surface area contributed by atoms with Crippen LogP contribution in [0.15, 0.2) is 18.2 Å². The third-order valence-electron chi connectivity index (χ3n) is 2.92. The number of ether oxygens (including phenoxy) is 1. The molecule has 0 aliphatic rings. The number of nitrogens with one attached hydrogen (secondary N) is 1. The van der Waals surface area contributed by atoms with Gasteiger partial charge in [-0.3, -0.25) is 0 Å². The van der Waals surface area contributed by atoms with Crippen LogP contribution in [-0.2, 0) is 0 Å². The summed E-state index contributed by atoms with van der Waals surface area (Å²) in [5.41, 5.74) is 0.872. The van der Waals surface area contributed by atoms with E-state index >= 15 is 0 Å². The summed E-state index contributed by atoms with van der Waals surface area (Å²) in [7, 11) is 1.56. The van der Waals surface area contributed by atoms with Gasteiger partial charge in [0.1, 0.15) is 11.6 Å². The maximum atomic E-state index is 13.0. The van der Waals surface area contributed by atoms with Crippen LogP contribution in [0, 0.1) is 5.82 Å². The number of anilines is 1. The lowest BCUT2D eigenvalue weighted by molar-refractivity contribution is 0.412. The van der Waals surface area contributed by atoms with Gasteiger partial charge >= 0.3 is 0 Å². The van der Waals surface area contributed by atoms with E-state index in [4.69, 9.17) is 4.74 Å². The number of unbranched alkanes of at least 4 members (excludes halogenated alkanes) is 1. The van der Waals surface area contributed by atoms with Gasteiger partial charge in [-0.15, -0.1) is 0 Å². The maximum Gasteiger partial charge on any atom is 0.144 e. The molecule has 1 aromatic carbocycles. The molecule has 0 amide bonds. The second kappa shape index (κ2) is 7.15. The lowest BCUT2D eigenvalue weighted by Crippen LogP contribution is -2.18. The molecule has 1 rings (SSSR count). The van der Waals surface area contributed by atoms with Gasteiger partial charge in [-0.2, -0.15) is 0 Å². The van der Waals surface area contributed by atoms with Gasteiger partial charge in [0.2, 0.25) is 0 Å². The van der Waals surface area contributed by atoms with Gasteiger partial charge < -0.3 is 10.1 Å². The summed E-state index contributed by atoms with van der Waals surface area (Å²) in [5, 5.41) is 3.42. The summed E-state index contributed by atoms with van der Waals surface area (Å²) in [6.07, 6.45) is 4.59. The molecule has 0 aromatic heterocycles. The zero-order valence-corrected chi connectivity index (χ0v) is 10.9. The molecule has 0 bridgehead atoms. The fourth-order valence-electron chi connectivity index (χ4n) is 1.83. The van der Waals surface area contributed by atoms with Gasteiger partial charge in [0.15, 0.2) is 0 Å². The first kappa shape index (κ1) is 13.8. The Hall–Kier alpha value is -1.25. The highest BCUT2D eigenvalue weighted by molar-refractivity contribution is 5.56. The molecule has 1 unspecified atom stereocenters. The highest BCUT2D eigenvalue weighted by Crippen LogP contribution is 2.26. The van der Waals surface area contributed by atoms with Crippen molar-refractivity contribution in [2.45, 2.75) is 45.6 Å². The fourth-order valence-corrected chi connectivity index (χ4v) is 1.83. The van der Waals surface area contributed by atoms with Gasteiger partial charge in [0.25, 0.3) is 0 Å². The van der Waals surface area contributed by atoms with E-state index in [0.717, 1.165) is 18.5 Å². The quantitative estimate of drug-likeness (QED) is 0.769. The summed E-state index contributed by atoms with van der Waals surface area (Å²) in [6.45, 7) is 4.34. The van der Waals surface area contributed by atoms with E-state index in [1.165, 1.54) is 25.0 Å². The Balaban J connectivity index is 2.71. The Morgan fingerprint density at radius 2 is 2.12 bits per heavy atom. The number of halogens is 1. The molecule has 0 saturated heterocycles. The van der Waals surface area contributed by atoms with Crippen LogP contribution >= 0.6 is 0 Å². The van der Waals surface area contributed by atoms with Crippen molar-refractivity contribution in [3.8, 4) is 5.75 Å². The molecule has 0 heterocycles. The minimum absolute atomic E-state index is 0.269. The Labute approximate surface area is 103 Å². The largest absolute Gasteiger partial charge is 0.494 e. The molecule has 0 saturated carbocycles. The Bertz CT molecular complexity index is 341. The third-order valence-corrected chi connectivity index (χ3v) is 2.92. The molecule has 17 heavy (non-hydrogen) atoms. The van der Waals surface area contributed by atoms with Crippen molar-refractivity contribution in [3.63, 3.8) is 0 Å². The maximum absolute atomic E-state index is 13.0. The first-order valence-corrected chi connectivity index (χ1v) is 6.31. The number of rotatable bonds is 7. The number of methoxy groups -OCH3 is 1. The van der Waals surface area contributed by atoms with Crippen molar-refractivity contribution in [2.24, 2.45) is 0 Å². The van der Waals surface area contributed by atoms with Crippen LogP contribution in [0.4, 0.5) is 10.1 Å². The summed E-state index contributed by atoms with van der Waals surface area (Å²) in [6, 6.07) is 5.03. The predicted octanol–water partition coefficient (Wildman–Crippen LogP) is 4.22. The number of hydrogen-bond acceptors (Lipinski definition) is 2. The van der Waals surface area contributed by atoms with E-state index in [1.54, 1.807) is 13.2 Å². The van der Waals surface area contributed by atoms with Gasteiger partial charge in [-0.25, -0.2) is 4.39 Å². The zero-order valence-electron chi connectivity index (χ0n) is 10.9. The first-order valence-electron chi connectivity index (χ1n) is 6.31. The van der Waals surface area contributed by atoms with E-state index in [-0.39, 0.29) is 5.82 Å². The van der Waals surface area contributed by atoms with Crippen LogP contribution in [-0.4, -0.2) is 13.2 Å². The number of benzene rings is 1. The molecule has 0 fully saturated rings. The molecule has 0 spiro atoms. The SMILES string of the molecule is CCCCC(CC)Nc1ccc(F)cc1OC. The number of hydrogen-bond donors (Lipinski definition) is 1. The van der Waals surface area contributed by atoms with Crippen LogP contribution in [0.3, 0.4) is 0 Å². The van der Waals surface area contributed by atoms with Gasteiger partial charge in [0.05, 0.1) is 12.8 Å².